The van der Waals surface area contributed by atoms with Crippen molar-refractivity contribution in [1.82, 2.24) is 15.0 Å². The summed E-state index contributed by atoms with van der Waals surface area (Å²) in [5.41, 5.74) is 0. The summed E-state index contributed by atoms with van der Waals surface area (Å²) in [5.74, 6) is 0.761. The van der Waals surface area contributed by atoms with Crippen molar-refractivity contribution in [2.24, 2.45) is 7.05 Å². The molecule has 0 saturated heterocycles. The lowest BCUT2D eigenvalue weighted by atomic mass is 10.4. The summed E-state index contributed by atoms with van der Waals surface area (Å²) >= 11 is 7.57. The van der Waals surface area contributed by atoms with E-state index in [0.717, 1.165) is 15.7 Å². The van der Waals surface area contributed by atoms with Crippen LogP contribution < -0.4 is 5.32 Å². The molecule has 0 saturated carbocycles. The Kier molecular flexibility index (Phi) is 2.69. The Balaban J connectivity index is 1.98. The monoisotopic (exact) mass is 228 g/mol. The maximum Gasteiger partial charge on any atom is 0.168 e. The smallest absolute Gasteiger partial charge is 0.168 e. The van der Waals surface area contributed by atoms with Crippen molar-refractivity contribution in [3.05, 3.63) is 27.5 Å². The van der Waals surface area contributed by atoms with Crippen LogP contribution in [0.3, 0.4) is 0 Å². The SMILES string of the molecule is Cn1cc(NCc2sccc2Cl)nn1. The van der Waals surface area contributed by atoms with Crippen LogP contribution in [0, 0.1) is 0 Å². The zero-order chi connectivity index (χ0) is 9.97. The zero-order valence-electron chi connectivity index (χ0n) is 7.57. The molecule has 0 fully saturated rings. The largest absolute Gasteiger partial charge is 0.362 e. The highest BCUT2D eigenvalue weighted by atomic mass is 35.5. The van der Waals surface area contributed by atoms with E-state index in [1.165, 1.54) is 0 Å². The number of hydrogen-bond donors (Lipinski definition) is 1. The van der Waals surface area contributed by atoms with E-state index in [4.69, 9.17) is 11.6 Å². The molecule has 2 rings (SSSR count). The first-order valence-electron chi connectivity index (χ1n) is 4.08. The van der Waals surface area contributed by atoms with Crippen molar-refractivity contribution in [3.8, 4) is 0 Å². The Morgan fingerprint density at radius 3 is 3.07 bits per heavy atom. The summed E-state index contributed by atoms with van der Waals surface area (Å²) in [6.45, 7) is 0.690. The molecule has 1 N–H and O–H groups in total. The standard InChI is InChI=1S/C8H9ClN4S/c1-13-5-8(11-12-13)10-4-7-6(9)2-3-14-7/h2-3,5,10H,4H2,1H3. The lowest BCUT2D eigenvalue weighted by Crippen LogP contribution is -1.97. The van der Waals surface area contributed by atoms with Gasteiger partial charge in [0.1, 0.15) is 0 Å². The van der Waals surface area contributed by atoms with E-state index in [2.05, 4.69) is 15.6 Å². The molecule has 0 unspecified atom stereocenters. The number of thiophene rings is 1. The van der Waals surface area contributed by atoms with Crippen molar-refractivity contribution >= 4 is 28.8 Å². The van der Waals surface area contributed by atoms with Gasteiger partial charge >= 0.3 is 0 Å². The van der Waals surface area contributed by atoms with Gasteiger partial charge in [0.2, 0.25) is 0 Å². The van der Waals surface area contributed by atoms with E-state index in [1.807, 2.05) is 24.7 Å². The molecule has 0 bridgehead atoms. The Hall–Kier alpha value is -1.07. The van der Waals surface area contributed by atoms with Crippen molar-refractivity contribution in [2.45, 2.75) is 6.54 Å². The first-order chi connectivity index (χ1) is 6.75. The summed E-state index contributed by atoms with van der Waals surface area (Å²) in [6, 6.07) is 1.89. The van der Waals surface area contributed by atoms with Crippen LogP contribution in [-0.4, -0.2) is 15.0 Å². The molecule has 0 spiro atoms. The molecule has 0 aliphatic rings. The molecule has 0 aromatic carbocycles. The summed E-state index contributed by atoms with van der Waals surface area (Å²) in [5, 5.41) is 13.6. The normalized spacial score (nSPS) is 10.4. The van der Waals surface area contributed by atoms with Crippen LogP contribution >= 0.6 is 22.9 Å². The maximum atomic E-state index is 5.94. The topological polar surface area (TPSA) is 42.7 Å². The van der Waals surface area contributed by atoms with Gasteiger partial charge in [0.05, 0.1) is 17.8 Å². The predicted octanol–water partition coefficient (Wildman–Crippen LogP) is 2.14. The van der Waals surface area contributed by atoms with Gasteiger partial charge in [0.25, 0.3) is 0 Å². The molecule has 2 aromatic heterocycles. The van der Waals surface area contributed by atoms with E-state index in [-0.39, 0.29) is 0 Å². The Labute approximate surface area is 90.5 Å². The highest BCUT2D eigenvalue weighted by molar-refractivity contribution is 7.10. The molecule has 0 atom stereocenters. The van der Waals surface area contributed by atoms with Crippen molar-refractivity contribution in [3.63, 3.8) is 0 Å². The Bertz CT molecular complexity index is 422. The van der Waals surface area contributed by atoms with E-state index in [0.29, 0.717) is 6.54 Å². The van der Waals surface area contributed by atoms with Gasteiger partial charge in [-0.1, -0.05) is 16.8 Å². The third kappa shape index (κ3) is 2.05. The molecule has 0 radical (unpaired) electrons. The summed E-state index contributed by atoms with van der Waals surface area (Å²) < 4.78 is 1.65. The Morgan fingerprint density at radius 1 is 1.64 bits per heavy atom. The second-order valence-corrected chi connectivity index (χ2v) is 4.23. The van der Waals surface area contributed by atoms with Crippen LogP contribution in [0.1, 0.15) is 4.88 Å². The molecular formula is C8H9ClN4S. The lowest BCUT2D eigenvalue weighted by Gasteiger charge is -1.99. The summed E-state index contributed by atoms with van der Waals surface area (Å²) in [4.78, 5) is 1.11. The molecule has 0 aliphatic heterocycles. The molecule has 0 amide bonds. The minimum absolute atomic E-state index is 0.690. The first kappa shape index (κ1) is 9.48. The van der Waals surface area contributed by atoms with Gasteiger partial charge in [-0.15, -0.1) is 16.4 Å². The number of aryl methyl sites for hydroxylation is 1. The second kappa shape index (κ2) is 3.98. The fourth-order valence-electron chi connectivity index (χ4n) is 1.05. The third-order valence-electron chi connectivity index (χ3n) is 1.72. The molecule has 6 heteroatoms. The number of halogens is 1. The number of rotatable bonds is 3. The molecule has 4 nitrogen and oxygen atoms in total. The van der Waals surface area contributed by atoms with Crippen molar-refractivity contribution < 1.29 is 0 Å². The maximum absolute atomic E-state index is 5.94. The third-order valence-corrected chi connectivity index (χ3v) is 3.11. The van der Waals surface area contributed by atoms with Gasteiger partial charge in [-0.2, -0.15) is 0 Å². The summed E-state index contributed by atoms with van der Waals surface area (Å²) in [7, 11) is 1.83. The zero-order valence-corrected chi connectivity index (χ0v) is 9.14. The van der Waals surface area contributed by atoms with Crippen molar-refractivity contribution in [1.29, 1.82) is 0 Å². The average molecular weight is 229 g/mol. The minimum Gasteiger partial charge on any atom is -0.362 e. The summed E-state index contributed by atoms with van der Waals surface area (Å²) in [6.07, 6.45) is 1.82. The van der Waals surface area contributed by atoms with Crippen LogP contribution in [0.15, 0.2) is 17.6 Å². The highest BCUT2D eigenvalue weighted by Crippen LogP contribution is 2.22. The quantitative estimate of drug-likeness (QED) is 0.876. The molecule has 14 heavy (non-hydrogen) atoms. The lowest BCUT2D eigenvalue weighted by molar-refractivity contribution is 0.715. The molecule has 2 heterocycles. The van der Waals surface area contributed by atoms with Crippen LogP contribution in [0.4, 0.5) is 5.82 Å². The van der Waals surface area contributed by atoms with E-state index in [9.17, 15) is 0 Å². The predicted molar refractivity (Wildman–Crippen MR) is 57.7 cm³/mol. The van der Waals surface area contributed by atoms with Gasteiger partial charge in [-0.05, 0) is 11.4 Å². The number of anilines is 1. The minimum atomic E-state index is 0.690. The number of nitrogens with zero attached hydrogens (tertiary/aromatic N) is 3. The fraction of sp³-hybridized carbons (Fsp3) is 0.250. The van der Waals surface area contributed by atoms with E-state index >= 15 is 0 Å². The van der Waals surface area contributed by atoms with Gasteiger partial charge in [-0.25, -0.2) is 0 Å². The van der Waals surface area contributed by atoms with Gasteiger partial charge < -0.3 is 5.32 Å². The molecular weight excluding hydrogens is 220 g/mol. The highest BCUT2D eigenvalue weighted by Gasteiger charge is 2.02. The number of hydrogen-bond acceptors (Lipinski definition) is 4. The van der Waals surface area contributed by atoms with Crippen LogP contribution in [0.25, 0.3) is 0 Å². The number of aromatic nitrogens is 3. The Morgan fingerprint density at radius 2 is 2.50 bits per heavy atom. The van der Waals surface area contributed by atoms with Gasteiger partial charge in [0.15, 0.2) is 5.82 Å². The number of nitrogens with one attached hydrogen (secondary N) is 1. The van der Waals surface area contributed by atoms with E-state index in [1.54, 1.807) is 16.0 Å². The van der Waals surface area contributed by atoms with Gasteiger partial charge in [0, 0.05) is 11.9 Å². The molecule has 0 aliphatic carbocycles. The van der Waals surface area contributed by atoms with E-state index < -0.39 is 0 Å². The molecule has 2 aromatic rings. The van der Waals surface area contributed by atoms with Gasteiger partial charge in [-0.3, -0.25) is 4.68 Å². The van der Waals surface area contributed by atoms with Crippen LogP contribution in [0.2, 0.25) is 5.02 Å². The van der Waals surface area contributed by atoms with Crippen LogP contribution in [-0.2, 0) is 13.6 Å². The van der Waals surface area contributed by atoms with Crippen LogP contribution in [0.5, 0.6) is 0 Å². The fourth-order valence-corrected chi connectivity index (χ4v) is 2.09. The average Bonchev–Trinajstić information content (AvgIpc) is 2.72. The second-order valence-electron chi connectivity index (χ2n) is 2.82. The molecule has 74 valence electrons. The first-order valence-corrected chi connectivity index (χ1v) is 5.33. The van der Waals surface area contributed by atoms with Crippen molar-refractivity contribution in [2.75, 3.05) is 5.32 Å².